The Kier molecular flexibility index (Phi) is 6.17. The molecule has 1 unspecified atom stereocenters. The third-order valence-corrected chi connectivity index (χ3v) is 4.41. The van der Waals surface area contributed by atoms with Crippen LogP contribution in [0.4, 0.5) is 14.5 Å². The quantitative estimate of drug-likeness (QED) is 0.772. The van der Waals surface area contributed by atoms with Crippen molar-refractivity contribution >= 4 is 11.6 Å². The Morgan fingerprint density at radius 2 is 2.00 bits per heavy atom. The van der Waals surface area contributed by atoms with Crippen LogP contribution in [0.1, 0.15) is 12.0 Å². The molecule has 0 aromatic heterocycles. The maximum Gasteiger partial charge on any atom is 0.246 e. The number of halogens is 2. The normalized spacial score (nSPS) is 16.7. The van der Waals surface area contributed by atoms with Crippen molar-refractivity contribution in [3.63, 3.8) is 0 Å². The number of rotatable bonds is 7. The lowest BCUT2D eigenvalue weighted by molar-refractivity contribution is -0.126. The highest BCUT2D eigenvalue weighted by atomic mass is 19.1. The van der Waals surface area contributed by atoms with Gasteiger partial charge in [0, 0.05) is 25.2 Å². The maximum atomic E-state index is 13.8. The van der Waals surface area contributed by atoms with Crippen LogP contribution in [0.3, 0.4) is 0 Å². The van der Waals surface area contributed by atoms with Crippen molar-refractivity contribution in [1.29, 1.82) is 0 Å². The Balaban J connectivity index is 1.38. The number of ether oxygens (including phenoxy) is 1. The summed E-state index contributed by atoms with van der Waals surface area (Å²) in [5.74, 6) is -1.35. The van der Waals surface area contributed by atoms with Gasteiger partial charge < -0.3 is 15.0 Å². The van der Waals surface area contributed by atoms with Crippen molar-refractivity contribution in [3.8, 4) is 0 Å². The first-order chi connectivity index (χ1) is 12.6. The van der Waals surface area contributed by atoms with Crippen molar-refractivity contribution in [1.82, 2.24) is 5.32 Å². The van der Waals surface area contributed by atoms with Crippen molar-refractivity contribution in [2.24, 2.45) is 0 Å². The van der Waals surface area contributed by atoms with Crippen LogP contribution in [0, 0.1) is 11.6 Å². The zero-order valence-electron chi connectivity index (χ0n) is 14.5. The molecule has 1 amide bonds. The molecule has 1 saturated heterocycles. The summed E-state index contributed by atoms with van der Waals surface area (Å²) in [5.41, 5.74) is 1.53. The number of carbonyl (C=O) groups is 1. The molecule has 26 heavy (non-hydrogen) atoms. The van der Waals surface area contributed by atoms with Gasteiger partial charge in [0.1, 0.15) is 18.2 Å². The molecule has 1 atom stereocenters. The van der Waals surface area contributed by atoms with E-state index in [1.165, 1.54) is 17.7 Å². The minimum absolute atomic E-state index is 0.00818. The first kappa shape index (κ1) is 18.3. The second-order valence-corrected chi connectivity index (χ2v) is 6.38. The number of anilines is 1. The highest BCUT2D eigenvalue weighted by Gasteiger charge is 2.25. The number of nitrogens with zero attached hydrogens (tertiary/aromatic N) is 1. The Morgan fingerprint density at radius 3 is 2.77 bits per heavy atom. The summed E-state index contributed by atoms with van der Waals surface area (Å²) < 4.78 is 32.3. The van der Waals surface area contributed by atoms with Crippen LogP contribution in [0.5, 0.6) is 0 Å². The molecule has 2 aromatic carbocycles. The number of carbonyl (C=O) groups excluding carboxylic acids is 1. The summed E-state index contributed by atoms with van der Waals surface area (Å²) in [5, 5.41) is 2.91. The molecule has 1 aliphatic heterocycles. The monoisotopic (exact) mass is 360 g/mol. The molecule has 138 valence electrons. The zero-order chi connectivity index (χ0) is 18.4. The molecular weight excluding hydrogens is 338 g/mol. The lowest BCUT2D eigenvalue weighted by Crippen LogP contribution is -2.39. The Labute approximate surface area is 151 Å². The largest absolute Gasteiger partial charge is 0.371 e. The SMILES string of the molecule is O=C(COCCc1ccccc1)NC1CCN(c2ccc(F)cc2F)C1. The van der Waals surface area contributed by atoms with Crippen LogP contribution >= 0.6 is 0 Å². The lowest BCUT2D eigenvalue weighted by atomic mass is 10.2. The number of nitrogens with one attached hydrogen (secondary N) is 1. The smallest absolute Gasteiger partial charge is 0.246 e. The van der Waals surface area contributed by atoms with Gasteiger partial charge in [-0.15, -0.1) is 0 Å². The van der Waals surface area contributed by atoms with Gasteiger partial charge in [0.15, 0.2) is 0 Å². The molecule has 1 fully saturated rings. The highest BCUT2D eigenvalue weighted by Crippen LogP contribution is 2.24. The van der Waals surface area contributed by atoms with E-state index in [-0.39, 0.29) is 18.6 Å². The maximum absolute atomic E-state index is 13.8. The van der Waals surface area contributed by atoms with Gasteiger partial charge in [0.25, 0.3) is 0 Å². The molecule has 0 bridgehead atoms. The molecule has 2 aromatic rings. The van der Waals surface area contributed by atoms with Crippen molar-refractivity contribution in [2.75, 3.05) is 31.2 Å². The van der Waals surface area contributed by atoms with Crippen LogP contribution in [0.2, 0.25) is 0 Å². The van der Waals surface area contributed by atoms with E-state index in [0.29, 0.717) is 31.8 Å². The zero-order valence-corrected chi connectivity index (χ0v) is 14.5. The van der Waals surface area contributed by atoms with Crippen LogP contribution < -0.4 is 10.2 Å². The predicted octanol–water partition coefficient (Wildman–Crippen LogP) is 2.92. The molecule has 3 rings (SSSR count). The van der Waals surface area contributed by atoms with Gasteiger partial charge in [0.2, 0.25) is 5.91 Å². The highest BCUT2D eigenvalue weighted by molar-refractivity contribution is 5.77. The number of hydrogen-bond donors (Lipinski definition) is 1. The molecule has 0 radical (unpaired) electrons. The van der Waals surface area contributed by atoms with Gasteiger partial charge >= 0.3 is 0 Å². The molecule has 0 aliphatic carbocycles. The van der Waals surface area contributed by atoms with Gasteiger partial charge in [-0.05, 0) is 30.5 Å². The van der Waals surface area contributed by atoms with E-state index in [1.807, 2.05) is 35.2 Å². The Hall–Kier alpha value is -2.47. The van der Waals surface area contributed by atoms with E-state index in [9.17, 15) is 13.6 Å². The van der Waals surface area contributed by atoms with E-state index in [1.54, 1.807) is 0 Å². The standard InChI is InChI=1S/C20H22F2N2O2/c21-16-6-7-19(18(22)12-16)24-10-8-17(13-24)23-20(25)14-26-11-9-15-4-2-1-3-5-15/h1-7,12,17H,8-11,13-14H2,(H,23,25). The molecule has 0 spiro atoms. The van der Waals surface area contributed by atoms with Crippen LogP contribution in [-0.2, 0) is 16.0 Å². The van der Waals surface area contributed by atoms with E-state index in [4.69, 9.17) is 4.74 Å². The van der Waals surface area contributed by atoms with Gasteiger partial charge in [-0.2, -0.15) is 0 Å². The predicted molar refractivity (Wildman–Crippen MR) is 96.1 cm³/mol. The molecule has 1 heterocycles. The summed E-state index contributed by atoms with van der Waals surface area (Å²) in [4.78, 5) is 13.8. The molecule has 1 aliphatic rings. The molecule has 1 N–H and O–H groups in total. The lowest BCUT2D eigenvalue weighted by Gasteiger charge is -2.19. The summed E-state index contributed by atoms with van der Waals surface area (Å²) in [7, 11) is 0. The van der Waals surface area contributed by atoms with Crippen LogP contribution in [-0.4, -0.2) is 38.3 Å². The third-order valence-electron chi connectivity index (χ3n) is 4.41. The fourth-order valence-electron chi connectivity index (χ4n) is 3.10. The van der Waals surface area contributed by atoms with Crippen molar-refractivity contribution < 1.29 is 18.3 Å². The average molecular weight is 360 g/mol. The second-order valence-electron chi connectivity index (χ2n) is 6.38. The second kappa shape index (κ2) is 8.76. The van der Waals surface area contributed by atoms with Crippen molar-refractivity contribution in [2.45, 2.75) is 18.9 Å². The first-order valence-electron chi connectivity index (χ1n) is 8.73. The number of benzene rings is 2. The van der Waals surface area contributed by atoms with E-state index in [0.717, 1.165) is 12.5 Å². The Bertz CT molecular complexity index is 740. The first-order valence-corrected chi connectivity index (χ1v) is 8.73. The Morgan fingerprint density at radius 1 is 1.19 bits per heavy atom. The third kappa shape index (κ3) is 5.02. The minimum Gasteiger partial charge on any atom is -0.371 e. The summed E-state index contributed by atoms with van der Waals surface area (Å²) >= 11 is 0. The van der Waals surface area contributed by atoms with Gasteiger partial charge in [-0.1, -0.05) is 30.3 Å². The minimum atomic E-state index is -0.594. The number of hydrogen-bond acceptors (Lipinski definition) is 3. The van der Waals surface area contributed by atoms with Gasteiger partial charge in [0.05, 0.1) is 12.3 Å². The summed E-state index contributed by atoms with van der Waals surface area (Å²) in [6.45, 7) is 1.60. The van der Waals surface area contributed by atoms with Crippen molar-refractivity contribution in [3.05, 3.63) is 65.7 Å². The van der Waals surface area contributed by atoms with Crippen LogP contribution in [0.15, 0.2) is 48.5 Å². The van der Waals surface area contributed by atoms with Gasteiger partial charge in [-0.3, -0.25) is 4.79 Å². The van der Waals surface area contributed by atoms with E-state index >= 15 is 0 Å². The van der Waals surface area contributed by atoms with E-state index < -0.39 is 11.6 Å². The van der Waals surface area contributed by atoms with E-state index in [2.05, 4.69) is 5.32 Å². The molecule has 0 saturated carbocycles. The molecule has 6 heteroatoms. The average Bonchev–Trinajstić information content (AvgIpc) is 3.07. The van der Waals surface area contributed by atoms with Gasteiger partial charge in [-0.25, -0.2) is 8.78 Å². The van der Waals surface area contributed by atoms with Crippen LogP contribution in [0.25, 0.3) is 0 Å². The molecular formula is C20H22F2N2O2. The number of amides is 1. The summed E-state index contributed by atoms with van der Waals surface area (Å²) in [6.07, 6.45) is 1.47. The summed E-state index contributed by atoms with van der Waals surface area (Å²) in [6, 6.07) is 13.4. The fourth-order valence-corrected chi connectivity index (χ4v) is 3.10. The fraction of sp³-hybridized carbons (Fsp3) is 0.350. The topological polar surface area (TPSA) is 41.6 Å². The molecule has 4 nitrogen and oxygen atoms in total.